The Morgan fingerprint density at radius 3 is 2.75 bits per heavy atom. The summed E-state index contributed by atoms with van der Waals surface area (Å²) in [7, 11) is 0. The van der Waals surface area contributed by atoms with E-state index in [0.717, 1.165) is 0 Å². The third-order valence-electron chi connectivity index (χ3n) is 3.43. The van der Waals surface area contributed by atoms with E-state index in [1.807, 2.05) is 6.92 Å². The van der Waals surface area contributed by atoms with Crippen LogP contribution in [0, 0.1) is 5.82 Å². The van der Waals surface area contributed by atoms with Gasteiger partial charge in [0.05, 0.1) is 0 Å². The van der Waals surface area contributed by atoms with Gasteiger partial charge in [0, 0.05) is 17.1 Å². The van der Waals surface area contributed by atoms with E-state index in [1.165, 1.54) is 23.1 Å². The number of carbonyl (C=O) groups excluding carboxylic acids is 2. The summed E-state index contributed by atoms with van der Waals surface area (Å²) < 4.78 is 13.8. The molecule has 1 N–H and O–H groups in total. The summed E-state index contributed by atoms with van der Waals surface area (Å²) in [6.45, 7) is 3.48. The maximum atomic E-state index is 13.8. The molecule has 108 valence electrons. The van der Waals surface area contributed by atoms with Crippen LogP contribution in [0.3, 0.4) is 0 Å². The van der Waals surface area contributed by atoms with E-state index in [9.17, 15) is 14.0 Å². The average molecular weight is 299 g/mol. The number of benzene rings is 1. The third kappa shape index (κ3) is 2.77. The van der Waals surface area contributed by atoms with Crippen LogP contribution in [0.25, 0.3) is 0 Å². The van der Waals surface area contributed by atoms with Gasteiger partial charge in [0.25, 0.3) is 0 Å². The predicted octanol–water partition coefficient (Wildman–Crippen LogP) is 2.10. The second-order valence-corrected chi connectivity index (χ2v) is 5.29. The first-order chi connectivity index (χ1) is 9.43. The van der Waals surface area contributed by atoms with E-state index in [1.54, 1.807) is 6.92 Å². The van der Waals surface area contributed by atoms with Gasteiger partial charge in [-0.25, -0.2) is 4.39 Å². The molecule has 0 saturated carbocycles. The lowest BCUT2D eigenvalue weighted by molar-refractivity contribution is -0.149. The first kappa shape index (κ1) is 14.8. The fourth-order valence-corrected chi connectivity index (χ4v) is 2.55. The summed E-state index contributed by atoms with van der Waals surface area (Å²) in [6, 6.07) is 3.03. The highest BCUT2D eigenvalue weighted by Crippen LogP contribution is 2.21. The topological polar surface area (TPSA) is 49.4 Å². The molecular formula is C14H16ClFN2O2. The van der Waals surface area contributed by atoms with Crippen LogP contribution in [-0.4, -0.2) is 28.8 Å². The molecule has 4 nitrogen and oxygen atoms in total. The van der Waals surface area contributed by atoms with Crippen LogP contribution in [0.1, 0.15) is 25.8 Å². The van der Waals surface area contributed by atoms with Gasteiger partial charge >= 0.3 is 0 Å². The Morgan fingerprint density at radius 2 is 2.10 bits per heavy atom. The van der Waals surface area contributed by atoms with Crippen molar-refractivity contribution in [3.8, 4) is 0 Å². The molecule has 6 heteroatoms. The van der Waals surface area contributed by atoms with Crippen molar-refractivity contribution in [2.45, 2.75) is 38.9 Å². The lowest BCUT2D eigenvalue weighted by Crippen LogP contribution is -2.61. The summed E-state index contributed by atoms with van der Waals surface area (Å²) in [4.78, 5) is 25.5. The Morgan fingerprint density at radius 1 is 1.40 bits per heavy atom. The van der Waals surface area contributed by atoms with E-state index < -0.39 is 17.9 Å². The van der Waals surface area contributed by atoms with Gasteiger partial charge < -0.3 is 10.2 Å². The number of amides is 2. The van der Waals surface area contributed by atoms with E-state index in [4.69, 9.17) is 11.6 Å². The van der Waals surface area contributed by atoms with Crippen molar-refractivity contribution in [1.29, 1.82) is 0 Å². The largest absolute Gasteiger partial charge is 0.343 e. The van der Waals surface area contributed by atoms with E-state index in [2.05, 4.69) is 5.32 Å². The zero-order valence-corrected chi connectivity index (χ0v) is 12.1. The Balaban J connectivity index is 2.30. The first-order valence-corrected chi connectivity index (χ1v) is 6.86. The molecule has 1 aliphatic rings. The number of carbonyl (C=O) groups is 2. The Bertz CT molecular complexity index is 550. The van der Waals surface area contributed by atoms with E-state index in [0.29, 0.717) is 17.0 Å². The van der Waals surface area contributed by atoms with Crippen molar-refractivity contribution >= 4 is 23.4 Å². The molecule has 1 heterocycles. The van der Waals surface area contributed by atoms with Crippen LogP contribution in [0.2, 0.25) is 5.02 Å². The molecule has 0 radical (unpaired) electrons. The minimum atomic E-state index is -0.590. The van der Waals surface area contributed by atoms with E-state index >= 15 is 0 Å². The first-order valence-electron chi connectivity index (χ1n) is 6.48. The molecule has 0 aliphatic carbocycles. The lowest BCUT2D eigenvalue weighted by Gasteiger charge is -2.37. The average Bonchev–Trinajstić information content (AvgIpc) is 2.40. The van der Waals surface area contributed by atoms with Crippen LogP contribution in [0.5, 0.6) is 0 Å². The molecule has 0 spiro atoms. The van der Waals surface area contributed by atoms with Crippen molar-refractivity contribution in [2.24, 2.45) is 0 Å². The quantitative estimate of drug-likeness (QED) is 0.929. The molecule has 2 amide bonds. The summed E-state index contributed by atoms with van der Waals surface area (Å²) in [6.07, 6.45) is 0.479. The van der Waals surface area contributed by atoms with Crippen molar-refractivity contribution in [3.63, 3.8) is 0 Å². The highest BCUT2D eigenvalue weighted by atomic mass is 35.5. The maximum absolute atomic E-state index is 13.8. The monoisotopic (exact) mass is 298 g/mol. The fourth-order valence-electron chi connectivity index (χ4n) is 2.36. The summed E-state index contributed by atoms with van der Waals surface area (Å²) in [5.41, 5.74) is 0.311. The number of halogens is 2. The minimum absolute atomic E-state index is 0.0431. The van der Waals surface area contributed by atoms with Crippen LogP contribution >= 0.6 is 11.6 Å². The molecule has 1 aliphatic heterocycles. The Hall–Kier alpha value is -1.62. The maximum Gasteiger partial charge on any atom is 0.245 e. The molecule has 1 aromatic rings. The smallest absolute Gasteiger partial charge is 0.245 e. The van der Waals surface area contributed by atoms with Crippen molar-refractivity contribution in [2.75, 3.05) is 0 Å². The second kappa shape index (κ2) is 5.79. The molecule has 2 atom stereocenters. The van der Waals surface area contributed by atoms with Crippen molar-refractivity contribution < 1.29 is 14.0 Å². The molecule has 0 aromatic heterocycles. The predicted molar refractivity (Wildman–Crippen MR) is 73.6 cm³/mol. The molecule has 2 unspecified atom stereocenters. The molecule has 1 fully saturated rings. The van der Waals surface area contributed by atoms with Crippen LogP contribution in [-0.2, 0) is 16.1 Å². The second-order valence-electron chi connectivity index (χ2n) is 4.86. The van der Waals surface area contributed by atoms with Gasteiger partial charge in [0.1, 0.15) is 17.9 Å². The zero-order valence-electron chi connectivity index (χ0n) is 11.3. The highest BCUT2D eigenvalue weighted by Gasteiger charge is 2.37. The zero-order chi connectivity index (χ0) is 14.9. The minimum Gasteiger partial charge on any atom is -0.343 e. The summed E-state index contributed by atoms with van der Waals surface area (Å²) in [5, 5.41) is 3.02. The highest BCUT2D eigenvalue weighted by molar-refractivity contribution is 6.30. The van der Waals surface area contributed by atoms with E-state index in [-0.39, 0.29) is 18.4 Å². The normalized spacial score (nSPS) is 22.9. The number of hydrogen-bond donors (Lipinski definition) is 1. The summed E-state index contributed by atoms with van der Waals surface area (Å²) >= 11 is 5.85. The van der Waals surface area contributed by atoms with Crippen LogP contribution in [0.15, 0.2) is 18.2 Å². The van der Waals surface area contributed by atoms with Gasteiger partial charge in [-0.05, 0) is 31.5 Å². The van der Waals surface area contributed by atoms with Gasteiger partial charge in [-0.15, -0.1) is 0 Å². The molecule has 20 heavy (non-hydrogen) atoms. The van der Waals surface area contributed by atoms with Crippen LogP contribution in [0.4, 0.5) is 4.39 Å². The van der Waals surface area contributed by atoms with Crippen molar-refractivity contribution in [3.05, 3.63) is 34.6 Å². The summed E-state index contributed by atoms with van der Waals surface area (Å²) in [5.74, 6) is -0.853. The fraction of sp³-hybridized carbons (Fsp3) is 0.429. The molecule has 1 saturated heterocycles. The number of hydrogen-bond acceptors (Lipinski definition) is 2. The molecule has 0 bridgehead atoms. The van der Waals surface area contributed by atoms with Crippen LogP contribution < -0.4 is 5.32 Å². The van der Waals surface area contributed by atoms with Crippen molar-refractivity contribution in [1.82, 2.24) is 10.2 Å². The number of nitrogens with one attached hydrogen (secondary N) is 1. The standard InChI is InChI=1S/C14H16ClFN2O2/c1-3-12-13(19)17-8(2)14(20)18(12)7-9-6-10(15)4-5-11(9)16/h4-6,8,12H,3,7H2,1-2H3,(H,17,19). The Kier molecular flexibility index (Phi) is 4.28. The number of piperazine rings is 1. The van der Waals surface area contributed by atoms with Gasteiger partial charge in [0.2, 0.25) is 11.8 Å². The number of rotatable bonds is 3. The third-order valence-corrected chi connectivity index (χ3v) is 3.66. The molecule has 2 rings (SSSR count). The number of nitrogens with zero attached hydrogens (tertiary/aromatic N) is 1. The Labute approximate surface area is 121 Å². The molecular weight excluding hydrogens is 283 g/mol. The van der Waals surface area contributed by atoms with Gasteiger partial charge in [-0.3, -0.25) is 9.59 Å². The van der Waals surface area contributed by atoms with Gasteiger partial charge in [0.15, 0.2) is 0 Å². The lowest BCUT2D eigenvalue weighted by atomic mass is 10.0. The SMILES string of the molecule is CCC1C(=O)NC(C)C(=O)N1Cc1cc(Cl)ccc1F. The van der Waals surface area contributed by atoms with Gasteiger partial charge in [-0.2, -0.15) is 0 Å². The van der Waals surface area contributed by atoms with Gasteiger partial charge in [-0.1, -0.05) is 18.5 Å². The molecule has 1 aromatic carbocycles.